The third kappa shape index (κ3) is 3.20. The highest BCUT2D eigenvalue weighted by Gasteiger charge is 2.54. The SMILES string of the molecule is CCc1cc(=O)[nH]c(-n2nc(-c3ccco3)cc2NC(=O)C23CC4CC(CC(C4)C2)C3)n1. The fourth-order valence-electron chi connectivity index (χ4n) is 6.59. The van der Waals surface area contributed by atoms with Crippen molar-refractivity contribution in [2.24, 2.45) is 23.2 Å². The molecule has 8 heteroatoms. The van der Waals surface area contributed by atoms with Crippen LogP contribution in [-0.2, 0) is 11.2 Å². The first-order valence-corrected chi connectivity index (χ1v) is 11.6. The average molecular weight is 434 g/mol. The van der Waals surface area contributed by atoms with Crippen LogP contribution >= 0.6 is 0 Å². The van der Waals surface area contributed by atoms with E-state index in [1.54, 1.807) is 18.4 Å². The minimum Gasteiger partial charge on any atom is -0.463 e. The molecule has 4 bridgehead atoms. The second-order valence-corrected chi connectivity index (χ2v) is 9.87. The molecular weight excluding hydrogens is 406 g/mol. The zero-order valence-electron chi connectivity index (χ0n) is 18.1. The van der Waals surface area contributed by atoms with E-state index in [4.69, 9.17) is 4.42 Å². The maximum Gasteiger partial charge on any atom is 0.252 e. The molecule has 3 aromatic rings. The number of carbonyl (C=O) groups excluding carboxylic acids is 1. The molecule has 0 atom stereocenters. The van der Waals surface area contributed by atoms with Crippen molar-refractivity contribution in [3.8, 4) is 17.4 Å². The van der Waals surface area contributed by atoms with Crippen molar-refractivity contribution < 1.29 is 9.21 Å². The van der Waals surface area contributed by atoms with Crippen molar-refractivity contribution in [3.05, 3.63) is 46.6 Å². The molecule has 0 radical (unpaired) electrons. The zero-order chi connectivity index (χ0) is 21.9. The van der Waals surface area contributed by atoms with Gasteiger partial charge in [0, 0.05) is 17.8 Å². The number of rotatable bonds is 5. The number of aromatic amines is 1. The van der Waals surface area contributed by atoms with Gasteiger partial charge in [0.15, 0.2) is 5.76 Å². The highest BCUT2D eigenvalue weighted by atomic mass is 16.3. The van der Waals surface area contributed by atoms with Gasteiger partial charge in [-0.05, 0) is 74.8 Å². The summed E-state index contributed by atoms with van der Waals surface area (Å²) in [5.41, 5.74) is 0.693. The van der Waals surface area contributed by atoms with E-state index in [9.17, 15) is 9.59 Å². The minimum atomic E-state index is -0.291. The Bertz CT molecular complexity index is 1190. The summed E-state index contributed by atoms with van der Waals surface area (Å²) in [7, 11) is 0. The number of carbonyl (C=O) groups is 1. The van der Waals surface area contributed by atoms with Crippen LogP contribution in [0.2, 0.25) is 0 Å². The lowest BCUT2D eigenvalue weighted by Crippen LogP contribution is -2.51. The number of anilines is 1. The van der Waals surface area contributed by atoms with Crippen molar-refractivity contribution in [1.82, 2.24) is 19.7 Å². The van der Waals surface area contributed by atoms with Gasteiger partial charge in [-0.3, -0.25) is 14.6 Å². The smallest absolute Gasteiger partial charge is 0.252 e. The number of furan rings is 1. The van der Waals surface area contributed by atoms with E-state index in [0.29, 0.717) is 47.1 Å². The van der Waals surface area contributed by atoms with E-state index in [0.717, 1.165) is 19.3 Å². The highest BCUT2D eigenvalue weighted by Crippen LogP contribution is 2.60. The van der Waals surface area contributed by atoms with Crippen LogP contribution in [0, 0.1) is 23.2 Å². The normalized spacial score (nSPS) is 28.2. The van der Waals surface area contributed by atoms with Crippen LogP contribution in [0.25, 0.3) is 17.4 Å². The quantitative estimate of drug-likeness (QED) is 0.634. The number of nitrogens with zero attached hydrogens (tertiary/aromatic N) is 3. The largest absolute Gasteiger partial charge is 0.463 e. The standard InChI is InChI=1S/C24H27N5O3/c1-2-17-9-21(30)27-23(25-17)29-20(10-18(28-29)19-4-3-5-32-19)26-22(31)24-11-14-6-15(12-24)8-16(7-14)13-24/h3-5,9-10,14-16H,2,6-8,11-13H2,1H3,(H,26,31)(H,25,27,30). The number of amides is 1. The molecule has 4 saturated carbocycles. The summed E-state index contributed by atoms with van der Waals surface area (Å²) in [5.74, 6) is 3.46. The van der Waals surface area contributed by atoms with Gasteiger partial charge in [-0.15, -0.1) is 0 Å². The van der Waals surface area contributed by atoms with E-state index < -0.39 is 0 Å². The van der Waals surface area contributed by atoms with E-state index in [-0.39, 0.29) is 22.8 Å². The predicted octanol–water partition coefficient (Wildman–Crippen LogP) is 3.93. The molecule has 32 heavy (non-hydrogen) atoms. The van der Waals surface area contributed by atoms with Crippen molar-refractivity contribution in [2.75, 3.05) is 5.32 Å². The topological polar surface area (TPSA) is 106 Å². The van der Waals surface area contributed by atoms with Crippen molar-refractivity contribution >= 4 is 11.7 Å². The van der Waals surface area contributed by atoms with Gasteiger partial charge >= 0.3 is 0 Å². The number of nitrogens with one attached hydrogen (secondary N) is 2. The third-order valence-corrected chi connectivity index (χ3v) is 7.59. The Hall–Kier alpha value is -3.16. The zero-order valence-corrected chi connectivity index (χ0v) is 18.1. The number of aromatic nitrogens is 4. The van der Waals surface area contributed by atoms with Crippen molar-refractivity contribution in [3.63, 3.8) is 0 Å². The molecular formula is C24H27N5O3. The summed E-state index contributed by atoms with van der Waals surface area (Å²) >= 11 is 0. The summed E-state index contributed by atoms with van der Waals surface area (Å²) in [6, 6.07) is 6.87. The molecule has 166 valence electrons. The molecule has 0 unspecified atom stereocenters. The molecule has 0 spiro atoms. The van der Waals surface area contributed by atoms with Crippen LogP contribution in [0.4, 0.5) is 5.82 Å². The van der Waals surface area contributed by atoms with E-state index in [2.05, 4.69) is 20.4 Å². The van der Waals surface area contributed by atoms with Crippen molar-refractivity contribution in [2.45, 2.75) is 51.9 Å². The average Bonchev–Trinajstić information content (AvgIpc) is 3.42. The van der Waals surface area contributed by atoms with E-state index >= 15 is 0 Å². The minimum absolute atomic E-state index is 0.0673. The first-order chi connectivity index (χ1) is 15.5. The van der Waals surface area contributed by atoms with Crippen LogP contribution in [0.15, 0.2) is 39.7 Å². The van der Waals surface area contributed by atoms with Gasteiger partial charge in [0.25, 0.3) is 5.56 Å². The Balaban J connectivity index is 1.39. The lowest BCUT2D eigenvalue weighted by molar-refractivity contribution is -0.140. The number of aryl methyl sites for hydroxylation is 1. The van der Waals surface area contributed by atoms with Gasteiger partial charge in [0.1, 0.15) is 11.5 Å². The van der Waals surface area contributed by atoms with Gasteiger partial charge in [-0.25, -0.2) is 4.98 Å². The Labute approximate surface area is 185 Å². The first-order valence-electron chi connectivity index (χ1n) is 11.6. The summed E-state index contributed by atoms with van der Waals surface area (Å²) in [4.78, 5) is 33.2. The predicted molar refractivity (Wildman–Crippen MR) is 118 cm³/mol. The van der Waals surface area contributed by atoms with Gasteiger partial charge < -0.3 is 9.73 Å². The summed E-state index contributed by atoms with van der Waals surface area (Å²) < 4.78 is 7.03. The highest BCUT2D eigenvalue weighted by molar-refractivity contribution is 5.95. The molecule has 1 amide bonds. The maximum absolute atomic E-state index is 13.7. The second kappa shape index (κ2) is 7.18. The molecule has 4 aliphatic rings. The monoisotopic (exact) mass is 433 g/mol. The second-order valence-electron chi connectivity index (χ2n) is 9.87. The molecule has 4 aliphatic carbocycles. The Kier molecular flexibility index (Phi) is 4.38. The maximum atomic E-state index is 13.7. The molecule has 7 rings (SSSR count). The molecule has 4 fully saturated rings. The summed E-state index contributed by atoms with van der Waals surface area (Å²) in [6.07, 6.45) is 8.98. The van der Waals surface area contributed by atoms with Crippen LogP contribution in [0.5, 0.6) is 0 Å². The fraction of sp³-hybridized carbons (Fsp3) is 0.500. The Morgan fingerprint density at radius 1 is 1.22 bits per heavy atom. The van der Waals surface area contributed by atoms with E-state index in [1.165, 1.54) is 30.0 Å². The van der Waals surface area contributed by atoms with Gasteiger partial charge in [0.05, 0.1) is 11.7 Å². The van der Waals surface area contributed by atoms with Crippen LogP contribution in [-0.4, -0.2) is 25.7 Å². The first kappa shape index (κ1) is 19.5. The van der Waals surface area contributed by atoms with Gasteiger partial charge in [-0.1, -0.05) is 6.92 Å². The molecule has 3 aromatic heterocycles. The Morgan fingerprint density at radius 2 is 1.94 bits per heavy atom. The molecule has 2 N–H and O–H groups in total. The third-order valence-electron chi connectivity index (χ3n) is 7.59. The summed E-state index contributed by atoms with van der Waals surface area (Å²) in [6.45, 7) is 1.94. The lowest BCUT2D eigenvalue weighted by Gasteiger charge is -2.55. The van der Waals surface area contributed by atoms with Crippen molar-refractivity contribution in [1.29, 1.82) is 0 Å². The Morgan fingerprint density at radius 3 is 2.56 bits per heavy atom. The fourth-order valence-corrected chi connectivity index (χ4v) is 6.59. The number of hydrogen-bond acceptors (Lipinski definition) is 5. The molecule has 3 heterocycles. The molecule has 0 aromatic carbocycles. The lowest BCUT2D eigenvalue weighted by atomic mass is 9.49. The molecule has 0 saturated heterocycles. The van der Waals surface area contributed by atoms with Crippen LogP contribution in [0.3, 0.4) is 0 Å². The molecule has 8 nitrogen and oxygen atoms in total. The summed E-state index contributed by atoms with van der Waals surface area (Å²) in [5, 5.41) is 7.78. The van der Waals surface area contributed by atoms with Crippen LogP contribution < -0.4 is 10.9 Å². The van der Waals surface area contributed by atoms with E-state index in [1.807, 2.05) is 13.0 Å². The number of H-pyrrole nitrogens is 1. The molecule has 0 aliphatic heterocycles. The van der Waals surface area contributed by atoms with Gasteiger partial charge in [-0.2, -0.15) is 9.78 Å². The van der Waals surface area contributed by atoms with Crippen LogP contribution in [0.1, 0.15) is 51.1 Å². The van der Waals surface area contributed by atoms with Gasteiger partial charge in [0.2, 0.25) is 11.9 Å². The number of hydrogen-bond donors (Lipinski definition) is 2.